The Morgan fingerprint density at radius 3 is 2.29 bits per heavy atom. The average Bonchev–Trinajstić information content (AvgIpc) is 2.50. The van der Waals surface area contributed by atoms with Crippen molar-refractivity contribution in [3.63, 3.8) is 0 Å². The van der Waals surface area contributed by atoms with E-state index in [0.29, 0.717) is 6.54 Å². The van der Waals surface area contributed by atoms with E-state index in [1.54, 1.807) is 11.2 Å². The van der Waals surface area contributed by atoms with Crippen LogP contribution in [0.2, 0.25) is 0 Å². The number of rotatable bonds is 6. The lowest BCUT2D eigenvalue weighted by atomic mass is 10.0. The third-order valence-electron chi connectivity index (χ3n) is 4.25. The van der Waals surface area contributed by atoms with E-state index < -0.39 is 10.0 Å². The van der Waals surface area contributed by atoms with Crippen LogP contribution in [0.3, 0.4) is 0 Å². The molecule has 2 rings (SSSR count). The van der Waals surface area contributed by atoms with Crippen molar-refractivity contribution in [2.45, 2.75) is 39.3 Å². The number of hydrogen-bond acceptors (Lipinski definition) is 3. The molecule has 0 N–H and O–H groups in total. The Hall–Kier alpha value is -0.910. The first-order chi connectivity index (χ1) is 10.1. The van der Waals surface area contributed by atoms with Crippen LogP contribution in [0.1, 0.15) is 32.3 Å². The quantitative estimate of drug-likeness (QED) is 0.809. The fourth-order valence-corrected chi connectivity index (χ4v) is 4.45. The van der Waals surface area contributed by atoms with Gasteiger partial charge in [0, 0.05) is 32.2 Å². The Kier molecular flexibility index (Phi) is 5.79. The minimum absolute atomic E-state index is 0.173. The molecular formula is C16H26N2O2S. The first kappa shape index (κ1) is 16.5. The fourth-order valence-electron chi connectivity index (χ4n) is 3.05. The van der Waals surface area contributed by atoms with Gasteiger partial charge in [0.15, 0.2) is 0 Å². The molecule has 0 aromatic heterocycles. The summed E-state index contributed by atoms with van der Waals surface area (Å²) in [7, 11) is -3.07. The molecule has 1 fully saturated rings. The van der Waals surface area contributed by atoms with E-state index in [9.17, 15) is 8.42 Å². The second kappa shape index (κ2) is 7.38. The molecule has 0 bridgehead atoms. The van der Waals surface area contributed by atoms with E-state index >= 15 is 0 Å². The lowest BCUT2D eigenvalue weighted by molar-refractivity contribution is 0.156. The predicted molar refractivity (Wildman–Crippen MR) is 86.6 cm³/mol. The van der Waals surface area contributed by atoms with E-state index in [1.165, 1.54) is 5.56 Å². The molecule has 0 saturated carbocycles. The summed E-state index contributed by atoms with van der Waals surface area (Å²) in [5.74, 6) is 0.199. The predicted octanol–water partition coefficient (Wildman–Crippen LogP) is 2.32. The van der Waals surface area contributed by atoms with Gasteiger partial charge in [-0.3, -0.25) is 4.90 Å². The van der Waals surface area contributed by atoms with Gasteiger partial charge in [-0.05, 0) is 25.3 Å². The summed E-state index contributed by atoms with van der Waals surface area (Å²) < 4.78 is 25.9. The third kappa shape index (κ3) is 4.28. The highest BCUT2D eigenvalue weighted by Gasteiger charge is 2.30. The van der Waals surface area contributed by atoms with Crippen molar-refractivity contribution in [3.8, 4) is 0 Å². The van der Waals surface area contributed by atoms with Gasteiger partial charge in [-0.25, -0.2) is 8.42 Å². The summed E-state index contributed by atoms with van der Waals surface area (Å²) in [5.41, 5.74) is 1.32. The van der Waals surface area contributed by atoms with E-state index in [-0.39, 0.29) is 11.8 Å². The Morgan fingerprint density at radius 2 is 1.76 bits per heavy atom. The Bertz CT molecular complexity index is 522. The second-order valence-corrected chi connectivity index (χ2v) is 7.81. The number of likely N-dealkylation sites (tertiary alicyclic amines) is 1. The molecule has 4 nitrogen and oxygen atoms in total. The molecule has 1 saturated heterocycles. The van der Waals surface area contributed by atoms with Crippen LogP contribution in [0.5, 0.6) is 0 Å². The molecule has 5 heteroatoms. The van der Waals surface area contributed by atoms with Crippen molar-refractivity contribution < 1.29 is 8.42 Å². The maximum Gasteiger partial charge on any atom is 0.214 e. The highest BCUT2D eigenvalue weighted by molar-refractivity contribution is 7.89. The number of piperidine rings is 1. The number of nitrogens with zero attached hydrogens (tertiary/aromatic N) is 2. The van der Waals surface area contributed by atoms with Crippen molar-refractivity contribution in [1.29, 1.82) is 0 Å². The van der Waals surface area contributed by atoms with E-state index in [1.807, 2.05) is 13.0 Å². The maximum atomic E-state index is 12.1. The van der Waals surface area contributed by atoms with Gasteiger partial charge in [0.05, 0.1) is 5.75 Å². The Morgan fingerprint density at radius 1 is 1.14 bits per heavy atom. The standard InChI is InChI=1S/C16H26N2O2S/c1-3-18(21(19,20)4-2)16-10-12-17(13-11-16)14-15-8-6-5-7-9-15/h5-9,16H,3-4,10-14H2,1-2H3. The number of benzene rings is 1. The topological polar surface area (TPSA) is 40.6 Å². The van der Waals surface area contributed by atoms with E-state index in [0.717, 1.165) is 32.5 Å². The van der Waals surface area contributed by atoms with Crippen LogP contribution in [0, 0.1) is 0 Å². The molecule has 0 unspecified atom stereocenters. The zero-order chi connectivity index (χ0) is 15.3. The largest absolute Gasteiger partial charge is 0.299 e. The highest BCUT2D eigenvalue weighted by Crippen LogP contribution is 2.21. The first-order valence-corrected chi connectivity index (χ1v) is 9.43. The monoisotopic (exact) mass is 310 g/mol. The van der Waals surface area contributed by atoms with E-state index in [4.69, 9.17) is 0 Å². The zero-order valence-electron chi connectivity index (χ0n) is 13.0. The van der Waals surface area contributed by atoms with Crippen LogP contribution >= 0.6 is 0 Å². The summed E-state index contributed by atoms with van der Waals surface area (Å²) in [6.45, 7) is 7.14. The van der Waals surface area contributed by atoms with Crippen LogP contribution in [0.25, 0.3) is 0 Å². The van der Waals surface area contributed by atoms with Gasteiger partial charge in [-0.2, -0.15) is 4.31 Å². The van der Waals surface area contributed by atoms with Crippen molar-refractivity contribution in [3.05, 3.63) is 35.9 Å². The van der Waals surface area contributed by atoms with Gasteiger partial charge < -0.3 is 0 Å². The van der Waals surface area contributed by atoms with Gasteiger partial charge in [0.25, 0.3) is 0 Å². The van der Waals surface area contributed by atoms with Crippen molar-refractivity contribution in [2.75, 3.05) is 25.4 Å². The summed E-state index contributed by atoms with van der Waals surface area (Å²) in [5, 5.41) is 0. The van der Waals surface area contributed by atoms with Crippen LogP contribution in [-0.4, -0.2) is 49.1 Å². The van der Waals surface area contributed by atoms with Crippen molar-refractivity contribution in [2.24, 2.45) is 0 Å². The van der Waals surface area contributed by atoms with Gasteiger partial charge >= 0.3 is 0 Å². The zero-order valence-corrected chi connectivity index (χ0v) is 13.8. The number of sulfonamides is 1. The molecule has 0 radical (unpaired) electrons. The molecule has 0 aliphatic carbocycles. The molecule has 118 valence electrons. The van der Waals surface area contributed by atoms with Crippen molar-refractivity contribution >= 4 is 10.0 Å². The van der Waals surface area contributed by atoms with Gasteiger partial charge in [-0.15, -0.1) is 0 Å². The Labute approximate surface area is 128 Å². The fraction of sp³-hybridized carbons (Fsp3) is 0.625. The smallest absolute Gasteiger partial charge is 0.214 e. The molecule has 1 aliphatic heterocycles. The lowest BCUT2D eigenvalue weighted by Crippen LogP contribution is -2.47. The van der Waals surface area contributed by atoms with Crippen LogP contribution in [-0.2, 0) is 16.6 Å². The van der Waals surface area contributed by atoms with Crippen LogP contribution in [0.15, 0.2) is 30.3 Å². The maximum absolute atomic E-state index is 12.1. The summed E-state index contributed by atoms with van der Waals surface area (Å²) in [4.78, 5) is 2.41. The lowest BCUT2D eigenvalue weighted by Gasteiger charge is -2.37. The van der Waals surface area contributed by atoms with Crippen LogP contribution < -0.4 is 0 Å². The first-order valence-electron chi connectivity index (χ1n) is 7.82. The molecule has 21 heavy (non-hydrogen) atoms. The molecule has 1 aromatic carbocycles. The second-order valence-electron chi connectivity index (χ2n) is 5.60. The molecule has 1 aliphatic rings. The number of hydrogen-bond donors (Lipinski definition) is 0. The van der Waals surface area contributed by atoms with E-state index in [2.05, 4.69) is 29.2 Å². The van der Waals surface area contributed by atoms with Gasteiger partial charge in [-0.1, -0.05) is 37.3 Å². The third-order valence-corrected chi connectivity index (χ3v) is 6.25. The molecule has 1 heterocycles. The SMILES string of the molecule is CCN(C1CCN(Cc2ccccc2)CC1)S(=O)(=O)CC. The van der Waals surface area contributed by atoms with Gasteiger partial charge in [0.1, 0.15) is 0 Å². The molecule has 0 atom stereocenters. The Balaban J connectivity index is 1.91. The normalized spacial score (nSPS) is 18.2. The molecule has 0 amide bonds. The summed E-state index contributed by atoms with van der Waals surface area (Å²) >= 11 is 0. The summed E-state index contributed by atoms with van der Waals surface area (Å²) in [6.07, 6.45) is 1.86. The molecule has 1 aromatic rings. The molecular weight excluding hydrogens is 284 g/mol. The average molecular weight is 310 g/mol. The molecule has 0 spiro atoms. The highest BCUT2D eigenvalue weighted by atomic mass is 32.2. The minimum atomic E-state index is -3.07. The van der Waals surface area contributed by atoms with Crippen molar-refractivity contribution in [1.82, 2.24) is 9.21 Å². The van der Waals surface area contributed by atoms with Crippen LogP contribution in [0.4, 0.5) is 0 Å². The minimum Gasteiger partial charge on any atom is -0.299 e. The summed E-state index contributed by atoms with van der Waals surface area (Å²) in [6, 6.07) is 10.6. The van der Waals surface area contributed by atoms with Gasteiger partial charge in [0.2, 0.25) is 10.0 Å².